The summed E-state index contributed by atoms with van der Waals surface area (Å²) in [5, 5.41) is 0. The summed E-state index contributed by atoms with van der Waals surface area (Å²) in [5.41, 5.74) is -0.234. The average molecular weight is 391 g/mol. The lowest BCUT2D eigenvalue weighted by atomic mass is 9.95. The molecule has 0 aromatic heterocycles. The zero-order valence-corrected chi connectivity index (χ0v) is 17.0. The van der Waals surface area contributed by atoms with Crippen molar-refractivity contribution < 1.29 is 19.1 Å². The highest BCUT2D eigenvalue weighted by molar-refractivity contribution is 8.77. The number of carbonyl (C=O) groups is 2. The van der Waals surface area contributed by atoms with Crippen LogP contribution in [0.25, 0.3) is 0 Å². The minimum atomic E-state index is -0.234. The molecule has 2 aliphatic rings. The number of ether oxygens (including phenoxy) is 2. The maximum absolute atomic E-state index is 12.1. The summed E-state index contributed by atoms with van der Waals surface area (Å²) >= 11 is 0. The molecule has 0 aromatic carbocycles. The molecular formula is C17H30N2O4S2. The van der Waals surface area contributed by atoms with Crippen LogP contribution in [0, 0.1) is 5.41 Å². The molecule has 2 fully saturated rings. The van der Waals surface area contributed by atoms with E-state index in [1.165, 1.54) is 0 Å². The first-order valence-electron chi connectivity index (χ1n) is 8.99. The number of hydrogen-bond donors (Lipinski definition) is 0. The van der Waals surface area contributed by atoms with Gasteiger partial charge in [-0.2, -0.15) is 0 Å². The fourth-order valence-electron chi connectivity index (χ4n) is 2.72. The van der Waals surface area contributed by atoms with Gasteiger partial charge in [-0.1, -0.05) is 28.5 Å². The zero-order valence-electron chi connectivity index (χ0n) is 15.3. The molecule has 0 spiro atoms. The van der Waals surface area contributed by atoms with Crippen molar-refractivity contribution in [3.05, 3.63) is 0 Å². The molecule has 8 heteroatoms. The summed E-state index contributed by atoms with van der Waals surface area (Å²) in [5.74, 6) is 1.39. The second kappa shape index (κ2) is 10.6. The minimum absolute atomic E-state index is 0.153. The van der Waals surface area contributed by atoms with Gasteiger partial charge in [0, 0.05) is 50.7 Å². The lowest BCUT2D eigenvalue weighted by Gasteiger charge is -2.32. The summed E-state index contributed by atoms with van der Waals surface area (Å²) in [6.07, 6.45) is 1.66. The Morgan fingerprint density at radius 3 is 2.08 bits per heavy atom. The highest BCUT2D eigenvalue weighted by Crippen LogP contribution is 2.43. The lowest BCUT2D eigenvalue weighted by molar-refractivity contribution is -0.152. The van der Waals surface area contributed by atoms with E-state index in [-0.39, 0.29) is 17.4 Å². The van der Waals surface area contributed by atoms with E-state index < -0.39 is 0 Å². The van der Waals surface area contributed by atoms with Gasteiger partial charge in [-0.3, -0.25) is 9.59 Å². The van der Waals surface area contributed by atoms with Crippen LogP contribution in [0.5, 0.6) is 0 Å². The summed E-state index contributed by atoms with van der Waals surface area (Å²) in [4.78, 5) is 28.3. The Morgan fingerprint density at radius 1 is 0.960 bits per heavy atom. The van der Waals surface area contributed by atoms with E-state index in [0.717, 1.165) is 50.7 Å². The average Bonchev–Trinajstić information content (AvgIpc) is 3.07. The molecule has 6 nitrogen and oxygen atoms in total. The zero-order chi connectivity index (χ0) is 18.1. The molecule has 0 bridgehead atoms. The Labute approximate surface area is 158 Å². The van der Waals surface area contributed by atoms with Gasteiger partial charge >= 0.3 is 11.9 Å². The molecule has 2 aliphatic heterocycles. The van der Waals surface area contributed by atoms with Crippen molar-refractivity contribution >= 4 is 33.5 Å². The van der Waals surface area contributed by atoms with Crippen LogP contribution in [-0.2, 0) is 19.1 Å². The van der Waals surface area contributed by atoms with Gasteiger partial charge < -0.3 is 19.3 Å². The van der Waals surface area contributed by atoms with Gasteiger partial charge in [-0.25, -0.2) is 0 Å². The van der Waals surface area contributed by atoms with Gasteiger partial charge in [0.1, 0.15) is 13.2 Å². The Bertz CT molecular complexity index is 436. The van der Waals surface area contributed by atoms with Crippen molar-refractivity contribution in [1.29, 1.82) is 0 Å². The normalized spacial score (nSPS) is 21.2. The molecule has 0 N–H and O–H groups in total. The third-order valence-corrected chi connectivity index (χ3v) is 7.41. The molecular weight excluding hydrogens is 360 g/mol. The standard InChI is InChI=1S/C17H30N2O4S2/c1-3-4-15(20)22-11-17(13-24-25-14-17)12-23-16(21)5-6-19-9-7-18(2)8-10-19/h3-14H2,1-2H3. The predicted octanol–water partition coefficient (Wildman–Crippen LogP) is 1.89. The number of nitrogens with zero attached hydrogens (tertiary/aromatic N) is 2. The van der Waals surface area contributed by atoms with E-state index in [9.17, 15) is 9.59 Å². The molecule has 0 atom stereocenters. The monoisotopic (exact) mass is 390 g/mol. The number of carbonyl (C=O) groups excluding carboxylic acids is 2. The number of piperazine rings is 1. The predicted molar refractivity (Wildman–Crippen MR) is 103 cm³/mol. The first-order valence-corrected chi connectivity index (χ1v) is 11.5. The fraction of sp³-hybridized carbons (Fsp3) is 0.882. The second-order valence-electron chi connectivity index (χ2n) is 6.99. The van der Waals surface area contributed by atoms with Crippen LogP contribution >= 0.6 is 21.6 Å². The van der Waals surface area contributed by atoms with Crippen molar-refractivity contribution in [2.75, 3.05) is 64.5 Å². The Balaban J connectivity index is 1.69. The smallest absolute Gasteiger partial charge is 0.307 e. The Morgan fingerprint density at radius 2 is 1.52 bits per heavy atom. The quantitative estimate of drug-likeness (QED) is 0.437. The van der Waals surface area contributed by atoms with Gasteiger partial charge in [0.15, 0.2) is 0 Å². The highest BCUT2D eigenvalue weighted by Gasteiger charge is 2.38. The van der Waals surface area contributed by atoms with E-state index in [1.807, 2.05) is 6.92 Å². The van der Waals surface area contributed by atoms with E-state index >= 15 is 0 Å². The summed E-state index contributed by atoms with van der Waals surface area (Å²) in [6.45, 7) is 7.52. The van der Waals surface area contributed by atoms with Gasteiger partial charge in [0.2, 0.25) is 0 Å². The number of esters is 2. The van der Waals surface area contributed by atoms with Crippen molar-refractivity contribution in [3.63, 3.8) is 0 Å². The van der Waals surface area contributed by atoms with Crippen LogP contribution in [0.2, 0.25) is 0 Å². The molecule has 2 heterocycles. The van der Waals surface area contributed by atoms with Crippen LogP contribution in [0.15, 0.2) is 0 Å². The minimum Gasteiger partial charge on any atom is -0.465 e. The van der Waals surface area contributed by atoms with Gasteiger partial charge in [-0.15, -0.1) is 0 Å². The number of rotatable bonds is 9. The number of likely N-dealkylation sites (N-methyl/N-ethyl adjacent to an activating group) is 1. The number of hydrogen-bond acceptors (Lipinski definition) is 8. The maximum atomic E-state index is 12.1. The molecule has 0 unspecified atom stereocenters. The third kappa shape index (κ3) is 7.37. The summed E-state index contributed by atoms with van der Waals surface area (Å²) in [6, 6.07) is 0. The lowest BCUT2D eigenvalue weighted by Crippen LogP contribution is -2.45. The van der Waals surface area contributed by atoms with E-state index in [4.69, 9.17) is 9.47 Å². The van der Waals surface area contributed by atoms with E-state index in [2.05, 4.69) is 16.8 Å². The van der Waals surface area contributed by atoms with E-state index in [0.29, 0.717) is 26.1 Å². The van der Waals surface area contributed by atoms with Crippen molar-refractivity contribution in [2.24, 2.45) is 5.41 Å². The van der Waals surface area contributed by atoms with Crippen LogP contribution < -0.4 is 0 Å². The molecule has 0 amide bonds. The van der Waals surface area contributed by atoms with Gasteiger partial charge in [0.25, 0.3) is 0 Å². The van der Waals surface area contributed by atoms with Crippen molar-refractivity contribution in [3.8, 4) is 0 Å². The molecule has 0 aliphatic carbocycles. The second-order valence-corrected chi connectivity index (χ2v) is 9.45. The van der Waals surface area contributed by atoms with Crippen LogP contribution in [-0.4, -0.2) is 86.2 Å². The van der Waals surface area contributed by atoms with Crippen LogP contribution in [0.1, 0.15) is 26.2 Å². The first kappa shape index (κ1) is 20.9. The Hall–Kier alpha value is -0.440. The highest BCUT2D eigenvalue weighted by atomic mass is 33.1. The van der Waals surface area contributed by atoms with Gasteiger partial charge in [-0.05, 0) is 13.5 Å². The molecule has 0 radical (unpaired) electrons. The van der Waals surface area contributed by atoms with Crippen molar-refractivity contribution in [1.82, 2.24) is 9.80 Å². The Kier molecular flexibility index (Phi) is 8.89. The first-order chi connectivity index (χ1) is 12.0. The SMILES string of the molecule is CCCC(=O)OCC1(COC(=O)CCN2CCN(C)CC2)CSSC1. The topological polar surface area (TPSA) is 59.1 Å². The largest absolute Gasteiger partial charge is 0.465 e. The van der Waals surface area contributed by atoms with Crippen LogP contribution in [0.3, 0.4) is 0 Å². The van der Waals surface area contributed by atoms with E-state index in [1.54, 1.807) is 21.6 Å². The molecule has 2 saturated heterocycles. The molecule has 2 rings (SSSR count). The summed E-state index contributed by atoms with van der Waals surface area (Å²) in [7, 11) is 5.63. The summed E-state index contributed by atoms with van der Waals surface area (Å²) < 4.78 is 10.9. The molecule has 25 heavy (non-hydrogen) atoms. The maximum Gasteiger partial charge on any atom is 0.307 e. The third-order valence-electron chi connectivity index (χ3n) is 4.57. The molecule has 144 valence electrons. The van der Waals surface area contributed by atoms with Crippen molar-refractivity contribution in [2.45, 2.75) is 26.2 Å². The van der Waals surface area contributed by atoms with Gasteiger partial charge in [0.05, 0.1) is 11.8 Å². The fourth-order valence-corrected chi connectivity index (χ4v) is 6.05. The van der Waals surface area contributed by atoms with Crippen LogP contribution in [0.4, 0.5) is 0 Å². The molecule has 0 aromatic rings. The molecule has 0 saturated carbocycles.